The molecule has 27 heavy (non-hydrogen) atoms. The summed E-state index contributed by atoms with van der Waals surface area (Å²) in [5, 5.41) is 0. The Hall–Kier alpha value is -2.94. The van der Waals surface area contributed by atoms with Crippen molar-refractivity contribution in [2.75, 3.05) is 30.0 Å². The van der Waals surface area contributed by atoms with Gasteiger partial charge in [-0.15, -0.1) is 0 Å². The van der Waals surface area contributed by atoms with Crippen LogP contribution in [0.15, 0.2) is 72.8 Å². The van der Waals surface area contributed by atoms with Gasteiger partial charge < -0.3 is 16.4 Å². The smallest absolute Gasteiger partial charge is 0.0363 e. The Balaban J connectivity index is 1.97. The maximum atomic E-state index is 5.89. The van der Waals surface area contributed by atoms with Crippen LogP contribution in [-0.4, -0.2) is 13.6 Å². The van der Waals surface area contributed by atoms with E-state index in [9.17, 15) is 0 Å². The minimum absolute atomic E-state index is 0.149. The molecule has 0 aliphatic rings. The van der Waals surface area contributed by atoms with E-state index in [1.54, 1.807) is 0 Å². The van der Waals surface area contributed by atoms with Gasteiger partial charge in [-0.1, -0.05) is 50.2 Å². The fourth-order valence-electron chi connectivity index (χ4n) is 3.53. The van der Waals surface area contributed by atoms with E-state index >= 15 is 0 Å². The highest BCUT2D eigenvalue weighted by molar-refractivity contribution is 5.53. The van der Waals surface area contributed by atoms with Crippen molar-refractivity contribution in [3.63, 3.8) is 0 Å². The number of benzene rings is 3. The van der Waals surface area contributed by atoms with Crippen LogP contribution < -0.4 is 16.4 Å². The van der Waals surface area contributed by atoms with Crippen molar-refractivity contribution in [2.24, 2.45) is 5.92 Å². The molecule has 3 rings (SSSR count). The molecule has 0 spiro atoms. The monoisotopic (exact) mass is 359 g/mol. The van der Waals surface area contributed by atoms with Crippen LogP contribution in [0.2, 0.25) is 0 Å². The number of anilines is 3. The molecule has 0 amide bonds. The number of nitrogens with zero attached hydrogens (tertiary/aromatic N) is 1. The first-order chi connectivity index (χ1) is 12.9. The van der Waals surface area contributed by atoms with E-state index in [-0.39, 0.29) is 5.92 Å². The number of hydrogen-bond acceptors (Lipinski definition) is 3. The summed E-state index contributed by atoms with van der Waals surface area (Å²) in [7, 11) is 2.15. The lowest BCUT2D eigenvalue weighted by Crippen LogP contribution is -2.22. The van der Waals surface area contributed by atoms with Crippen LogP contribution in [0.4, 0.5) is 17.1 Å². The van der Waals surface area contributed by atoms with Gasteiger partial charge in [0.2, 0.25) is 0 Å². The minimum atomic E-state index is 0.149. The molecular formula is C24H29N3. The highest BCUT2D eigenvalue weighted by atomic mass is 15.1. The summed E-state index contributed by atoms with van der Waals surface area (Å²) < 4.78 is 0. The van der Waals surface area contributed by atoms with Crippen molar-refractivity contribution in [3.05, 3.63) is 89.5 Å². The van der Waals surface area contributed by atoms with E-state index in [0.717, 1.165) is 17.9 Å². The molecule has 0 heterocycles. The zero-order valence-electron chi connectivity index (χ0n) is 16.4. The summed E-state index contributed by atoms with van der Waals surface area (Å²) in [5.74, 6) is 0.780. The third-order valence-corrected chi connectivity index (χ3v) is 4.85. The van der Waals surface area contributed by atoms with Crippen LogP contribution >= 0.6 is 0 Å². The Morgan fingerprint density at radius 3 is 1.41 bits per heavy atom. The maximum absolute atomic E-state index is 5.89. The SMILES string of the molecule is CC(C)CN(C)c1ccc(C(c2ccc(N)cc2)c2ccc(N)cc2)cc1. The van der Waals surface area contributed by atoms with E-state index in [1.807, 2.05) is 24.3 Å². The van der Waals surface area contributed by atoms with Gasteiger partial charge >= 0.3 is 0 Å². The van der Waals surface area contributed by atoms with E-state index in [4.69, 9.17) is 11.5 Å². The molecule has 3 heteroatoms. The maximum Gasteiger partial charge on any atom is 0.0363 e. The van der Waals surface area contributed by atoms with Gasteiger partial charge in [0.15, 0.2) is 0 Å². The second kappa shape index (κ2) is 8.17. The van der Waals surface area contributed by atoms with E-state index in [2.05, 4.69) is 74.3 Å². The number of nitrogens with two attached hydrogens (primary N) is 2. The van der Waals surface area contributed by atoms with Crippen LogP contribution in [0, 0.1) is 5.92 Å². The second-order valence-electron chi connectivity index (χ2n) is 7.63. The summed E-state index contributed by atoms with van der Waals surface area (Å²) in [5.41, 5.74) is 18.3. The lowest BCUT2D eigenvalue weighted by molar-refractivity contribution is 0.638. The molecule has 0 bridgehead atoms. The molecule has 140 valence electrons. The Kier molecular flexibility index (Phi) is 5.70. The molecule has 0 saturated heterocycles. The standard InChI is InChI=1S/C24H29N3/c1-17(2)16-27(3)23-14-8-20(9-15-23)24(18-4-10-21(25)11-5-18)19-6-12-22(26)13-7-19/h4-15,17,24H,16,25-26H2,1-3H3. The third kappa shape index (κ3) is 4.62. The average molecular weight is 360 g/mol. The number of rotatable bonds is 6. The van der Waals surface area contributed by atoms with Gasteiger partial charge in [0, 0.05) is 36.6 Å². The topological polar surface area (TPSA) is 55.3 Å². The first-order valence-electron chi connectivity index (χ1n) is 9.46. The normalized spacial score (nSPS) is 11.1. The Morgan fingerprint density at radius 1 is 0.667 bits per heavy atom. The summed E-state index contributed by atoms with van der Waals surface area (Å²) in [6.07, 6.45) is 0. The Morgan fingerprint density at radius 2 is 1.04 bits per heavy atom. The highest BCUT2D eigenvalue weighted by Crippen LogP contribution is 2.33. The van der Waals surface area contributed by atoms with Crippen molar-refractivity contribution in [1.29, 1.82) is 0 Å². The minimum Gasteiger partial charge on any atom is -0.399 e. The lowest BCUT2D eigenvalue weighted by atomic mass is 9.85. The molecule has 3 nitrogen and oxygen atoms in total. The lowest BCUT2D eigenvalue weighted by Gasteiger charge is -2.23. The van der Waals surface area contributed by atoms with Gasteiger partial charge in [-0.2, -0.15) is 0 Å². The van der Waals surface area contributed by atoms with Gasteiger partial charge in [0.25, 0.3) is 0 Å². The van der Waals surface area contributed by atoms with Crippen molar-refractivity contribution in [3.8, 4) is 0 Å². The van der Waals surface area contributed by atoms with Crippen LogP contribution in [0.25, 0.3) is 0 Å². The number of nitrogen functional groups attached to an aromatic ring is 2. The third-order valence-electron chi connectivity index (χ3n) is 4.85. The fraction of sp³-hybridized carbons (Fsp3) is 0.250. The molecule has 0 aromatic heterocycles. The van der Waals surface area contributed by atoms with Crippen molar-refractivity contribution in [2.45, 2.75) is 19.8 Å². The molecule has 0 radical (unpaired) electrons. The first kappa shape index (κ1) is 18.8. The predicted molar refractivity (Wildman–Crippen MR) is 117 cm³/mol. The van der Waals surface area contributed by atoms with Gasteiger partial charge in [-0.05, 0) is 59.0 Å². The molecular weight excluding hydrogens is 330 g/mol. The zero-order valence-corrected chi connectivity index (χ0v) is 16.4. The molecule has 0 saturated carbocycles. The molecule has 0 aliphatic heterocycles. The molecule has 0 unspecified atom stereocenters. The fourth-order valence-corrected chi connectivity index (χ4v) is 3.53. The first-order valence-corrected chi connectivity index (χ1v) is 9.46. The molecule has 0 fully saturated rings. The molecule has 0 aliphatic carbocycles. The number of hydrogen-bond donors (Lipinski definition) is 2. The second-order valence-corrected chi connectivity index (χ2v) is 7.63. The average Bonchev–Trinajstić information content (AvgIpc) is 2.65. The molecule has 0 atom stereocenters. The summed E-state index contributed by atoms with van der Waals surface area (Å²) in [6.45, 7) is 5.52. The molecule has 3 aromatic carbocycles. The van der Waals surface area contributed by atoms with Gasteiger partial charge in [0.1, 0.15) is 0 Å². The van der Waals surface area contributed by atoms with Gasteiger partial charge in [0.05, 0.1) is 0 Å². The van der Waals surface area contributed by atoms with Crippen LogP contribution in [0.1, 0.15) is 36.5 Å². The molecule has 4 N–H and O–H groups in total. The van der Waals surface area contributed by atoms with Crippen LogP contribution in [0.5, 0.6) is 0 Å². The van der Waals surface area contributed by atoms with Crippen molar-refractivity contribution >= 4 is 17.1 Å². The van der Waals surface area contributed by atoms with Crippen molar-refractivity contribution < 1.29 is 0 Å². The Bertz CT molecular complexity index is 804. The largest absolute Gasteiger partial charge is 0.399 e. The van der Waals surface area contributed by atoms with Gasteiger partial charge in [-0.3, -0.25) is 0 Å². The summed E-state index contributed by atoms with van der Waals surface area (Å²) in [4.78, 5) is 2.30. The highest BCUT2D eigenvalue weighted by Gasteiger charge is 2.17. The van der Waals surface area contributed by atoms with Gasteiger partial charge in [-0.25, -0.2) is 0 Å². The zero-order chi connectivity index (χ0) is 19.4. The Labute approximate surface area is 162 Å². The van der Waals surface area contributed by atoms with Crippen molar-refractivity contribution in [1.82, 2.24) is 0 Å². The summed E-state index contributed by atoms with van der Waals surface area (Å²) in [6, 6.07) is 25.1. The van der Waals surface area contributed by atoms with Crippen LogP contribution in [-0.2, 0) is 0 Å². The quantitative estimate of drug-likeness (QED) is 0.474. The molecule has 3 aromatic rings. The summed E-state index contributed by atoms with van der Waals surface area (Å²) >= 11 is 0. The van der Waals surface area contributed by atoms with E-state index < -0.39 is 0 Å². The predicted octanol–water partition coefficient (Wildman–Crippen LogP) is 5.12. The van der Waals surface area contributed by atoms with Crippen LogP contribution in [0.3, 0.4) is 0 Å². The van der Waals surface area contributed by atoms with E-state index in [0.29, 0.717) is 5.92 Å². The van der Waals surface area contributed by atoms with E-state index in [1.165, 1.54) is 22.4 Å².